The van der Waals surface area contributed by atoms with Crippen molar-refractivity contribution in [1.82, 2.24) is 5.32 Å². The van der Waals surface area contributed by atoms with Gasteiger partial charge in [-0.25, -0.2) is 0 Å². The van der Waals surface area contributed by atoms with Gasteiger partial charge >= 0.3 is 0 Å². The third kappa shape index (κ3) is 4.85. The van der Waals surface area contributed by atoms with E-state index in [0.717, 1.165) is 17.7 Å². The van der Waals surface area contributed by atoms with E-state index in [2.05, 4.69) is 19.2 Å². The standard InChI is InChI=1S/C16H26N2O2/c1-5-15(12-6-8-13(20-4)9-7-12)18-16(19)14(17)10-11(2)3/h6-9,11,14-15H,5,10,17H2,1-4H3,(H,18,19)/t14-,15?/m0/s1. The monoisotopic (exact) mass is 278 g/mol. The van der Waals surface area contributed by atoms with E-state index in [1.165, 1.54) is 0 Å². The Morgan fingerprint density at radius 2 is 1.90 bits per heavy atom. The van der Waals surface area contributed by atoms with Gasteiger partial charge in [0.05, 0.1) is 19.2 Å². The first-order valence-corrected chi connectivity index (χ1v) is 7.17. The molecule has 4 nitrogen and oxygen atoms in total. The van der Waals surface area contributed by atoms with Gasteiger partial charge in [-0.2, -0.15) is 0 Å². The number of benzene rings is 1. The summed E-state index contributed by atoms with van der Waals surface area (Å²) < 4.78 is 5.14. The average molecular weight is 278 g/mol. The van der Waals surface area contributed by atoms with Crippen LogP contribution >= 0.6 is 0 Å². The van der Waals surface area contributed by atoms with E-state index in [1.54, 1.807) is 7.11 Å². The van der Waals surface area contributed by atoms with Gasteiger partial charge in [0, 0.05) is 0 Å². The van der Waals surface area contributed by atoms with Crippen molar-refractivity contribution in [3.8, 4) is 5.75 Å². The van der Waals surface area contributed by atoms with Crippen LogP contribution in [0.2, 0.25) is 0 Å². The molecule has 0 aliphatic heterocycles. The van der Waals surface area contributed by atoms with E-state index in [0.29, 0.717) is 12.3 Å². The van der Waals surface area contributed by atoms with Gasteiger partial charge in [-0.05, 0) is 36.5 Å². The van der Waals surface area contributed by atoms with Crippen LogP contribution in [-0.4, -0.2) is 19.1 Å². The third-order valence-corrected chi connectivity index (χ3v) is 3.31. The van der Waals surface area contributed by atoms with Crippen molar-refractivity contribution >= 4 is 5.91 Å². The van der Waals surface area contributed by atoms with Crippen molar-refractivity contribution in [2.24, 2.45) is 11.7 Å². The Kier molecular flexibility index (Phi) is 6.52. The lowest BCUT2D eigenvalue weighted by atomic mass is 10.0. The van der Waals surface area contributed by atoms with Gasteiger partial charge in [0.1, 0.15) is 5.75 Å². The zero-order chi connectivity index (χ0) is 15.1. The summed E-state index contributed by atoms with van der Waals surface area (Å²) in [5, 5.41) is 3.02. The fourth-order valence-electron chi connectivity index (χ4n) is 2.15. The van der Waals surface area contributed by atoms with Crippen molar-refractivity contribution in [2.45, 2.75) is 45.7 Å². The molecule has 3 N–H and O–H groups in total. The lowest BCUT2D eigenvalue weighted by Crippen LogP contribution is -2.42. The molecule has 0 aliphatic carbocycles. The van der Waals surface area contributed by atoms with Gasteiger partial charge in [0.15, 0.2) is 0 Å². The Labute approximate surface area is 121 Å². The Morgan fingerprint density at radius 3 is 2.35 bits per heavy atom. The normalized spacial score (nSPS) is 13.9. The number of ether oxygens (including phenoxy) is 1. The summed E-state index contributed by atoms with van der Waals surface area (Å²) >= 11 is 0. The van der Waals surface area contributed by atoms with Gasteiger partial charge < -0.3 is 15.8 Å². The van der Waals surface area contributed by atoms with Crippen LogP contribution in [0, 0.1) is 5.92 Å². The first-order chi connectivity index (χ1) is 9.47. The number of carbonyl (C=O) groups is 1. The fourth-order valence-corrected chi connectivity index (χ4v) is 2.15. The van der Waals surface area contributed by atoms with Crippen LogP contribution in [-0.2, 0) is 4.79 Å². The van der Waals surface area contributed by atoms with E-state index in [-0.39, 0.29) is 11.9 Å². The number of hydrogen-bond donors (Lipinski definition) is 2. The van der Waals surface area contributed by atoms with Crippen LogP contribution in [0.25, 0.3) is 0 Å². The molecule has 0 saturated heterocycles. The minimum Gasteiger partial charge on any atom is -0.497 e. The van der Waals surface area contributed by atoms with E-state index in [1.807, 2.05) is 31.2 Å². The van der Waals surface area contributed by atoms with E-state index in [4.69, 9.17) is 10.5 Å². The zero-order valence-electron chi connectivity index (χ0n) is 12.8. The maximum atomic E-state index is 12.1. The molecular formula is C16H26N2O2. The van der Waals surface area contributed by atoms with Gasteiger partial charge in [0.2, 0.25) is 5.91 Å². The largest absolute Gasteiger partial charge is 0.497 e. The molecule has 0 bridgehead atoms. The van der Waals surface area contributed by atoms with Crippen LogP contribution in [0.1, 0.15) is 45.2 Å². The second-order valence-electron chi connectivity index (χ2n) is 5.48. The fraction of sp³-hybridized carbons (Fsp3) is 0.562. The Hall–Kier alpha value is -1.55. The summed E-state index contributed by atoms with van der Waals surface area (Å²) in [7, 11) is 1.64. The van der Waals surface area contributed by atoms with Gasteiger partial charge in [-0.15, -0.1) is 0 Å². The van der Waals surface area contributed by atoms with Crippen molar-refractivity contribution in [1.29, 1.82) is 0 Å². The molecule has 0 radical (unpaired) electrons. The quantitative estimate of drug-likeness (QED) is 0.806. The van der Waals surface area contributed by atoms with E-state index < -0.39 is 6.04 Å². The summed E-state index contributed by atoms with van der Waals surface area (Å²) in [6.45, 7) is 6.17. The van der Waals surface area contributed by atoms with E-state index in [9.17, 15) is 4.79 Å². The number of carbonyl (C=O) groups excluding carboxylic acids is 1. The maximum absolute atomic E-state index is 12.1. The van der Waals surface area contributed by atoms with Gasteiger partial charge in [-0.1, -0.05) is 32.9 Å². The molecule has 0 spiro atoms. The molecule has 112 valence electrons. The molecule has 1 aromatic rings. The highest BCUT2D eigenvalue weighted by molar-refractivity contribution is 5.81. The Morgan fingerprint density at radius 1 is 1.30 bits per heavy atom. The molecule has 0 heterocycles. The number of nitrogens with two attached hydrogens (primary N) is 1. The number of hydrogen-bond acceptors (Lipinski definition) is 3. The topological polar surface area (TPSA) is 64.4 Å². The predicted octanol–water partition coefficient (Wildman–Crippen LogP) is 2.64. The molecule has 0 saturated carbocycles. The predicted molar refractivity (Wildman–Crippen MR) is 81.6 cm³/mol. The van der Waals surface area contributed by atoms with Gasteiger partial charge in [-0.3, -0.25) is 4.79 Å². The molecule has 1 unspecified atom stereocenters. The molecule has 1 rings (SSSR count). The summed E-state index contributed by atoms with van der Waals surface area (Å²) in [6.07, 6.45) is 1.53. The highest BCUT2D eigenvalue weighted by atomic mass is 16.5. The highest BCUT2D eigenvalue weighted by Crippen LogP contribution is 2.20. The van der Waals surface area contributed by atoms with Crippen LogP contribution in [0.3, 0.4) is 0 Å². The number of nitrogens with one attached hydrogen (secondary N) is 1. The minimum absolute atomic E-state index is 0.00776. The second-order valence-corrected chi connectivity index (χ2v) is 5.48. The summed E-state index contributed by atoms with van der Waals surface area (Å²) in [5.41, 5.74) is 6.98. The lowest BCUT2D eigenvalue weighted by molar-refractivity contribution is -0.123. The zero-order valence-corrected chi connectivity index (χ0v) is 12.8. The molecule has 0 aromatic heterocycles. The molecule has 4 heteroatoms. The highest BCUT2D eigenvalue weighted by Gasteiger charge is 2.19. The first-order valence-electron chi connectivity index (χ1n) is 7.17. The molecule has 1 aromatic carbocycles. The van der Waals surface area contributed by atoms with Crippen LogP contribution in [0.4, 0.5) is 0 Å². The summed E-state index contributed by atoms with van der Waals surface area (Å²) in [5.74, 6) is 1.14. The maximum Gasteiger partial charge on any atom is 0.237 e. The summed E-state index contributed by atoms with van der Waals surface area (Å²) in [4.78, 5) is 12.1. The van der Waals surface area contributed by atoms with Gasteiger partial charge in [0.25, 0.3) is 0 Å². The molecule has 2 atom stereocenters. The third-order valence-electron chi connectivity index (χ3n) is 3.31. The number of rotatable bonds is 7. The Bertz CT molecular complexity index is 415. The van der Waals surface area contributed by atoms with E-state index >= 15 is 0 Å². The Balaban J connectivity index is 2.68. The van der Waals surface area contributed by atoms with Crippen LogP contribution in [0.5, 0.6) is 5.75 Å². The minimum atomic E-state index is -0.442. The van der Waals surface area contributed by atoms with Crippen LogP contribution in [0.15, 0.2) is 24.3 Å². The number of methoxy groups -OCH3 is 1. The number of amides is 1. The molecular weight excluding hydrogens is 252 g/mol. The molecule has 20 heavy (non-hydrogen) atoms. The van der Waals surface area contributed by atoms with Crippen molar-refractivity contribution < 1.29 is 9.53 Å². The summed E-state index contributed by atoms with van der Waals surface area (Å²) in [6, 6.07) is 7.30. The first kappa shape index (κ1) is 16.5. The van der Waals surface area contributed by atoms with Crippen LogP contribution < -0.4 is 15.8 Å². The molecule has 0 fully saturated rings. The lowest BCUT2D eigenvalue weighted by Gasteiger charge is -2.21. The molecule has 1 amide bonds. The average Bonchev–Trinajstić information content (AvgIpc) is 2.43. The molecule has 0 aliphatic rings. The smallest absolute Gasteiger partial charge is 0.237 e. The van der Waals surface area contributed by atoms with Crippen molar-refractivity contribution in [2.75, 3.05) is 7.11 Å². The second kappa shape index (κ2) is 7.90. The van der Waals surface area contributed by atoms with Crippen molar-refractivity contribution in [3.05, 3.63) is 29.8 Å². The SMILES string of the molecule is CCC(NC(=O)[C@@H](N)CC(C)C)c1ccc(OC)cc1. The van der Waals surface area contributed by atoms with Crippen molar-refractivity contribution in [3.63, 3.8) is 0 Å².